The van der Waals surface area contributed by atoms with E-state index in [-0.39, 0.29) is 5.97 Å². The molecule has 0 unspecified atom stereocenters. The summed E-state index contributed by atoms with van der Waals surface area (Å²) in [5, 5.41) is 1.99. The molecule has 2 heteroatoms. The zero-order valence-electron chi connectivity index (χ0n) is 21.1. The summed E-state index contributed by atoms with van der Waals surface area (Å²) in [4.78, 5) is 12.5. The molecule has 176 valence electrons. The van der Waals surface area contributed by atoms with Crippen molar-refractivity contribution < 1.29 is 9.53 Å². The Morgan fingerprint density at radius 2 is 1.24 bits per heavy atom. The van der Waals surface area contributed by atoms with E-state index in [2.05, 4.69) is 52.8 Å². The first kappa shape index (κ1) is 26.4. The van der Waals surface area contributed by atoms with Crippen molar-refractivity contribution in [2.24, 2.45) is 0 Å². The van der Waals surface area contributed by atoms with Crippen LogP contribution in [0.1, 0.15) is 83.5 Å². The highest BCUT2D eigenvalue weighted by molar-refractivity contribution is 6.04. The number of hydrogen-bond acceptors (Lipinski definition) is 2. The zero-order valence-corrected chi connectivity index (χ0v) is 21.1. The van der Waals surface area contributed by atoms with Gasteiger partial charge >= 0.3 is 5.97 Å². The lowest BCUT2D eigenvalue weighted by Gasteiger charge is -2.07. The number of benzene rings is 2. The molecule has 0 aliphatic heterocycles. The monoisotopic (exact) mass is 444 g/mol. The predicted octanol–water partition coefficient (Wildman–Crippen LogP) is 9.14. The van der Waals surface area contributed by atoms with Gasteiger partial charge in [-0.3, -0.25) is 0 Å². The second-order valence-corrected chi connectivity index (χ2v) is 9.17. The fourth-order valence-electron chi connectivity index (χ4n) is 3.73. The number of ether oxygens (including phenoxy) is 1. The largest absolute Gasteiger partial charge is 0.458 e. The first-order chi connectivity index (χ1) is 15.9. The van der Waals surface area contributed by atoms with Gasteiger partial charge in [0.15, 0.2) is 0 Å². The van der Waals surface area contributed by atoms with E-state index in [1.165, 1.54) is 22.3 Å². The first-order valence-corrected chi connectivity index (χ1v) is 12.1. The van der Waals surface area contributed by atoms with Gasteiger partial charge in [0.1, 0.15) is 6.61 Å². The van der Waals surface area contributed by atoms with Gasteiger partial charge in [-0.05, 0) is 96.1 Å². The van der Waals surface area contributed by atoms with Crippen LogP contribution in [0.3, 0.4) is 0 Å². The van der Waals surface area contributed by atoms with E-state index in [9.17, 15) is 4.79 Å². The highest BCUT2D eigenvalue weighted by Gasteiger charge is 2.10. The average Bonchev–Trinajstić information content (AvgIpc) is 2.78. The van der Waals surface area contributed by atoms with Gasteiger partial charge in [-0.1, -0.05) is 76.9 Å². The molecule has 0 bridgehead atoms. The number of carbonyl (C=O) groups excluding carboxylic acids is 1. The lowest BCUT2D eigenvalue weighted by Crippen LogP contribution is -2.06. The number of allylic oxidation sites excluding steroid dienone is 7. The maximum Gasteiger partial charge on any atom is 0.339 e. The molecule has 0 saturated carbocycles. The molecule has 0 heterocycles. The first-order valence-electron chi connectivity index (χ1n) is 12.1. The van der Waals surface area contributed by atoms with Crippen LogP contribution >= 0.6 is 0 Å². The number of rotatable bonds is 12. The Morgan fingerprint density at radius 1 is 0.697 bits per heavy atom. The van der Waals surface area contributed by atoms with Crippen molar-refractivity contribution in [2.45, 2.75) is 73.1 Å². The molecule has 0 amide bonds. The maximum absolute atomic E-state index is 12.5. The van der Waals surface area contributed by atoms with Crippen LogP contribution in [0.15, 0.2) is 89.1 Å². The number of carbonyl (C=O) groups is 1. The van der Waals surface area contributed by atoms with Crippen molar-refractivity contribution in [3.8, 4) is 0 Å². The quantitative estimate of drug-likeness (QED) is 0.241. The molecule has 0 aromatic heterocycles. The summed E-state index contributed by atoms with van der Waals surface area (Å²) in [5.41, 5.74) is 6.20. The fourth-order valence-corrected chi connectivity index (χ4v) is 3.73. The molecule has 0 fully saturated rings. The molecule has 33 heavy (non-hydrogen) atoms. The van der Waals surface area contributed by atoms with E-state index >= 15 is 0 Å². The zero-order chi connectivity index (χ0) is 24.1. The topological polar surface area (TPSA) is 26.3 Å². The number of esters is 1. The molecule has 2 aromatic rings. The second kappa shape index (κ2) is 14.3. The third-order valence-corrected chi connectivity index (χ3v) is 5.81. The molecular weight excluding hydrogens is 404 g/mol. The van der Waals surface area contributed by atoms with Crippen molar-refractivity contribution in [1.29, 1.82) is 0 Å². The minimum atomic E-state index is -0.268. The molecule has 2 aromatic carbocycles. The van der Waals surface area contributed by atoms with Gasteiger partial charge in [0, 0.05) is 0 Å². The summed E-state index contributed by atoms with van der Waals surface area (Å²) in [7, 11) is 0. The molecule has 0 N–H and O–H groups in total. The molecule has 0 atom stereocenters. The van der Waals surface area contributed by atoms with Gasteiger partial charge < -0.3 is 4.74 Å². The predicted molar refractivity (Wildman–Crippen MR) is 143 cm³/mol. The normalized spacial score (nSPS) is 12.7. The minimum absolute atomic E-state index is 0.268. The van der Waals surface area contributed by atoms with Crippen LogP contribution in [0.4, 0.5) is 0 Å². The second-order valence-electron chi connectivity index (χ2n) is 9.17. The van der Waals surface area contributed by atoms with E-state index in [0.29, 0.717) is 12.2 Å². The molecule has 0 radical (unpaired) electrons. The maximum atomic E-state index is 12.5. The molecule has 0 spiro atoms. The van der Waals surface area contributed by atoms with Gasteiger partial charge in [-0.15, -0.1) is 0 Å². The highest BCUT2D eigenvalue weighted by Crippen LogP contribution is 2.19. The van der Waals surface area contributed by atoms with Crippen molar-refractivity contribution in [3.05, 3.63) is 94.6 Å². The van der Waals surface area contributed by atoms with E-state index in [1.807, 2.05) is 48.5 Å². The van der Waals surface area contributed by atoms with Crippen LogP contribution in [0.5, 0.6) is 0 Å². The third kappa shape index (κ3) is 10.1. The van der Waals surface area contributed by atoms with Crippen LogP contribution in [0, 0.1) is 0 Å². The summed E-state index contributed by atoms with van der Waals surface area (Å²) in [6.45, 7) is 11.2. The molecule has 0 aliphatic carbocycles. The van der Waals surface area contributed by atoms with E-state index in [4.69, 9.17) is 4.74 Å². The minimum Gasteiger partial charge on any atom is -0.458 e. The Bertz CT molecular complexity index is 1020. The summed E-state index contributed by atoms with van der Waals surface area (Å²) >= 11 is 0. The van der Waals surface area contributed by atoms with Crippen LogP contribution in [-0.2, 0) is 4.74 Å². The Morgan fingerprint density at radius 3 is 1.88 bits per heavy atom. The van der Waals surface area contributed by atoms with Crippen molar-refractivity contribution in [1.82, 2.24) is 0 Å². The molecule has 2 nitrogen and oxygen atoms in total. The third-order valence-electron chi connectivity index (χ3n) is 5.81. The van der Waals surface area contributed by atoms with Crippen LogP contribution in [0.2, 0.25) is 0 Å². The van der Waals surface area contributed by atoms with Crippen LogP contribution < -0.4 is 0 Å². The van der Waals surface area contributed by atoms with Crippen molar-refractivity contribution in [3.63, 3.8) is 0 Å². The summed E-state index contributed by atoms with van der Waals surface area (Å²) in [5.74, 6) is -0.268. The number of hydrogen-bond donors (Lipinski definition) is 0. The van der Waals surface area contributed by atoms with E-state index in [0.717, 1.165) is 49.3 Å². The van der Waals surface area contributed by atoms with Gasteiger partial charge in [-0.25, -0.2) is 4.79 Å². The van der Waals surface area contributed by atoms with Crippen LogP contribution in [-0.4, -0.2) is 12.6 Å². The summed E-state index contributed by atoms with van der Waals surface area (Å²) in [6.07, 6.45) is 15.6. The number of fused-ring (bicyclic) bond motifs is 1. The Kier molecular flexibility index (Phi) is 11.4. The van der Waals surface area contributed by atoms with Gasteiger partial charge in [0.25, 0.3) is 0 Å². The van der Waals surface area contributed by atoms with E-state index in [1.54, 1.807) is 0 Å². The van der Waals surface area contributed by atoms with Gasteiger partial charge in [0.05, 0.1) is 5.56 Å². The van der Waals surface area contributed by atoms with Gasteiger partial charge in [-0.2, -0.15) is 0 Å². The van der Waals surface area contributed by atoms with Gasteiger partial charge in [0.2, 0.25) is 0 Å². The smallest absolute Gasteiger partial charge is 0.339 e. The molecule has 0 saturated heterocycles. The molecule has 0 aliphatic rings. The highest BCUT2D eigenvalue weighted by atomic mass is 16.5. The van der Waals surface area contributed by atoms with Crippen molar-refractivity contribution >= 4 is 16.7 Å². The summed E-state index contributed by atoms with van der Waals surface area (Å²) in [6, 6.07) is 13.6. The Hall–Kier alpha value is -2.87. The Labute approximate surface area is 200 Å². The summed E-state index contributed by atoms with van der Waals surface area (Å²) < 4.78 is 5.51. The fraction of sp³-hybridized carbons (Fsp3) is 0.387. The standard InChI is InChI=1S/C31H40O2/c1-24(2)12-8-13-25(3)14-9-15-26(4)16-10-17-27(5)22-23-33-31(32)30-21-11-19-28-18-6-7-20-29(28)30/h6-7,11-12,14,16,18-22H,8-10,13,15,17,23H2,1-5H3. The lowest BCUT2D eigenvalue weighted by atomic mass is 10.0. The SMILES string of the molecule is CC(C)=CCCC(C)=CCCC(C)=CCCC(C)=CCOC(=O)c1cccc2ccccc12. The lowest BCUT2D eigenvalue weighted by molar-refractivity contribution is 0.0551. The Balaban J connectivity index is 1.71. The molecular formula is C31H40O2. The average molecular weight is 445 g/mol. The van der Waals surface area contributed by atoms with Crippen molar-refractivity contribution in [2.75, 3.05) is 6.61 Å². The van der Waals surface area contributed by atoms with E-state index < -0.39 is 0 Å². The molecule has 2 rings (SSSR count). The van der Waals surface area contributed by atoms with Crippen LogP contribution in [0.25, 0.3) is 10.8 Å².